The molecule has 12 nitrogen and oxygen atoms in total. The Labute approximate surface area is 205 Å². The number of pyridine rings is 1. The fourth-order valence-corrected chi connectivity index (χ4v) is 3.98. The van der Waals surface area contributed by atoms with Crippen molar-refractivity contribution < 1.29 is 14.3 Å². The largest absolute Gasteiger partial charge is 0.444 e. The van der Waals surface area contributed by atoms with E-state index in [1.54, 1.807) is 29.3 Å². The SMILES string of the molecule is CC(C)(C)OC(=O)N1CCC(n2ncc3c(Oc4ncn(-c5cccc(Cl)n5)n4)ncnc32)CC1. The Kier molecular flexibility index (Phi) is 5.97. The second-order valence-electron chi connectivity index (χ2n) is 9.10. The predicted molar refractivity (Wildman–Crippen MR) is 126 cm³/mol. The van der Waals surface area contributed by atoms with E-state index in [1.807, 2.05) is 25.5 Å². The van der Waals surface area contributed by atoms with Gasteiger partial charge in [0.05, 0.1) is 12.2 Å². The molecule has 0 radical (unpaired) electrons. The van der Waals surface area contributed by atoms with Crippen LogP contribution in [0, 0.1) is 0 Å². The fraction of sp³-hybridized carbons (Fsp3) is 0.409. The van der Waals surface area contributed by atoms with Crippen LogP contribution >= 0.6 is 11.6 Å². The molecule has 1 amide bonds. The van der Waals surface area contributed by atoms with Crippen LogP contribution in [0.15, 0.2) is 37.1 Å². The van der Waals surface area contributed by atoms with Gasteiger partial charge in [0.25, 0.3) is 0 Å². The van der Waals surface area contributed by atoms with Gasteiger partial charge in [0, 0.05) is 13.1 Å². The van der Waals surface area contributed by atoms with Crippen molar-refractivity contribution in [3.63, 3.8) is 0 Å². The topological polar surface area (TPSA) is 126 Å². The zero-order chi connectivity index (χ0) is 24.6. The quantitative estimate of drug-likeness (QED) is 0.386. The first kappa shape index (κ1) is 23.0. The summed E-state index contributed by atoms with van der Waals surface area (Å²) < 4.78 is 14.6. The molecule has 5 rings (SSSR count). The highest BCUT2D eigenvalue weighted by Crippen LogP contribution is 2.30. The van der Waals surface area contributed by atoms with Gasteiger partial charge in [-0.1, -0.05) is 17.7 Å². The standard InChI is InChI=1S/C22H24ClN9O3/c1-22(2,3)35-21(33)30-9-7-14(8-10-30)32-18-15(11-27-32)19(25-12-24-18)34-20-26-13-31(29-20)17-6-4-5-16(23)28-17/h4-6,11-14H,7-10H2,1-3H3. The molecule has 35 heavy (non-hydrogen) atoms. The lowest BCUT2D eigenvalue weighted by Crippen LogP contribution is -2.42. The van der Waals surface area contributed by atoms with Gasteiger partial charge in [0.2, 0.25) is 5.88 Å². The summed E-state index contributed by atoms with van der Waals surface area (Å²) in [6.07, 6.45) is 5.73. The van der Waals surface area contributed by atoms with E-state index in [-0.39, 0.29) is 18.1 Å². The molecule has 1 aliphatic heterocycles. The lowest BCUT2D eigenvalue weighted by Gasteiger charge is -2.33. The minimum atomic E-state index is -0.519. The van der Waals surface area contributed by atoms with Crippen LogP contribution < -0.4 is 4.74 Å². The zero-order valence-corrected chi connectivity index (χ0v) is 20.3. The Morgan fingerprint density at radius 3 is 2.69 bits per heavy atom. The second kappa shape index (κ2) is 9.10. The molecule has 182 valence electrons. The summed E-state index contributed by atoms with van der Waals surface area (Å²) >= 11 is 5.96. The fourth-order valence-electron chi connectivity index (χ4n) is 3.83. The molecule has 1 saturated heterocycles. The van der Waals surface area contributed by atoms with Crippen LogP contribution in [0.2, 0.25) is 5.15 Å². The van der Waals surface area contributed by atoms with Crippen LogP contribution in [0.5, 0.6) is 11.9 Å². The Morgan fingerprint density at radius 2 is 1.94 bits per heavy atom. The van der Waals surface area contributed by atoms with Crippen molar-refractivity contribution in [3.8, 4) is 17.7 Å². The van der Waals surface area contributed by atoms with E-state index >= 15 is 0 Å². The van der Waals surface area contributed by atoms with Gasteiger partial charge in [-0.25, -0.2) is 24.4 Å². The molecule has 0 bridgehead atoms. The van der Waals surface area contributed by atoms with Crippen molar-refractivity contribution in [2.45, 2.75) is 45.3 Å². The smallest absolute Gasteiger partial charge is 0.410 e. The monoisotopic (exact) mass is 497 g/mol. The van der Waals surface area contributed by atoms with Crippen LogP contribution in [-0.4, -0.2) is 69.2 Å². The minimum absolute atomic E-state index is 0.0835. The molecule has 4 aromatic rings. The molecule has 13 heteroatoms. The Hall–Kier alpha value is -3.80. The number of carbonyl (C=O) groups excluding carboxylic acids is 1. The first-order valence-corrected chi connectivity index (χ1v) is 11.5. The number of hydrogen-bond donors (Lipinski definition) is 0. The number of ether oxygens (including phenoxy) is 2. The number of nitrogens with zero attached hydrogens (tertiary/aromatic N) is 9. The third-order valence-electron chi connectivity index (χ3n) is 5.41. The summed E-state index contributed by atoms with van der Waals surface area (Å²) in [6, 6.07) is 5.39. The van der Waals surface area contributed by atoms with Gasteiger partial charge in [-0.2, -0.15) is 14.8 Å². The minimum Gasteiger partial charge on any atom is -0.444 e. The van der Waals surface area contributed by atoms with Crippen LogP contribution in [0.3, 0.4) is 0 Å². The third-order valence-corrected chi connectivity index (χ3v) is 5.62. The molecule has 0 atom stereocenters. The molecule has 0 aromatic carbocycles. The molecule has 0 unspecified atom stereocenters. The Bertz CT molecular complexity index is 1360. The van der Waals surface area contributed by atoms with Gasteiger partial charge in [-0.15, -0.1) is 5.10 Å². The van der Waals surface area contributed by atoms with E-state index in [2.05, 4.69) is 30.1 Å². The van der Waals surface area contributed by atoms with Crippen LogP contribution in [0.4, 0.5) is 4.79 Å². The Balaban J connectivity index is 1.30. The van der Waals surface area contributed by atoms with E-state index in [9.17, 15) is 4.79 Å². The summed E-state index contributed by atoms with van der Waals surface area (Å²) in [5, 5.41) is 9.83. The number of likely N-dealkylation sites (tertiary alicyclic amines) is 1. The van der Waals surface area contributed by atoms with E-state index in [0.717, 1.165) is 12.8 Å². The molecule has 1 aliphatic rings. The number of rotatable bonds is 4. The van der Waals surface area contributed by atoms with Crippen molar-refractivity contribution in [1.82, 2.24) is 44.4 Å². The van der Waals surface area contributed by atoms with Crippen molar-refractivity contribution >= 4 is 28.7 Å². The molecule has 0 spiro atoms. The summed E-state index contributed by atoms with van der Waals surface area (Å²) in [5.74, 6) is 0.808. The van der Waals surface area contributed by atoms with E-state index in [4.69, 9.17) is 21.1 Å². The highest BCUT2D eigenvalue weighted by atomic mass is 35.5. The molecule has 0 N–H and O–H groups in total. The number of hydrogen-bond acceptors (Lipinski definition) is 9. The summed E-state index contributed by atoms with van der Waals surface area (Å²) in [5.41, 5.74) is 0.121. The number of carbonyl (C=O) groups is 1. The molecule has 0 aliphatic carbocycles. The maximum Gasteiger partial charge on any atom is 0.410 e. The Morgan fingerprint density at radius 1 is 1.14 bits per heavy atom. The van der Waals surface area contributed by atoms with Crippen LogP contribution in [0.1, 0.15) is 39.7 Å². The first-order valence-electron chi connectivity index (χ1n) is 11.2. The van der Waals surface area contributed by atoms with Gasteiger partial charge in [-0.3, -0.25) is 0 Å². The predicted octanol–water partition coefficient (Wildman–Crippen LogP) is 3.82. The van der Waals surface area contributed by atoms with Crippen molar-refractivity contribution in [1.29, 1.82) is 0 Å². The molecule has 1 fully saturated rings. The van der Waals surface area contributed by atoms with Gasteiger partial charge in [0.15, 0.2) is 11.5 Å². The number of halogens is 1. The van der Waals surface area contributed by atoms with Gasteiger partial charge in [0.1, 0.15) is 28.8 Å². The molecule has 0 saturated carbocycles. The number of piperidine rings is 1. The highest BCUT2D eigenvalue weighted by molar-refractivity contribution is 6.29. The van der Waals surface area contributed by atoms with Gasteiger partial charge in [-0.05, 0) is 45.7 Å². The zero-order valence-electron chi connectivity index (χ0n) is 19.5. The van der Waals surface area contributed by atoms with Gasteiger partial charge < -0.3 is 14.4 Å². The van der Waals surface area contributed by atoms with E-state index < -0.39 is 5.60 Å². The summed E-state index contributed by atoms with van der Waals surface area (Å²) in [7, 11) is 0. The summed E-state index contributed by atoms with van der Waals surface area (Å²) in [6.45, 7) is 6.74. The van der Waals surface area contributed by atoms with Crippen LogP contribution in [-0.2, 0) is 4.74 Å². The molecular formula is C22H24ClN9O3. The van der Waals surface area contributed by atoms with Crippen LogP contribution in [0.25, 0.3) is 16.9 Å². The van der Waals surface area contributed by atoms with E-state index in [1.165, 1.54) is 17.3 Å². The number of aromatic nitrogens is 8. The first-order chi connectivity index (χ1) is 16.8. The molecule has 5 heterocycles. The maximum absolute atomic E-state index is 12.4. The average Bonchev–Trinajstić information content (AvgIpc) is 3.46. The molecule has 4 aromatic heterocycles. The van der Waals surface area contributed by atoms with Crippen molar-refractivity contribution in [2.75, 3.05) is 13.1 Å². The number of fused-ring (bicyclic) bond motifs is 1. The lowest BCUT2D eigenvalue weighted by atomic mass is 10.1. The van der Waals surface area contributed by atoms with E-state index in [0.29, 0.717) is 41.0 Å². The lowest BCUT2D eigenvalue weighted by molar-refractivity contribution is 0.0186. The van der Waals surface area contributed by atoms with Gasteiger partial charge >= 0.3 is 12.1 Å². The number of amides is 1. The van der Waals surface area contributed by atoms with Crippen molar-refractivity contribution in [2.24, 2.45) is 0 Å². The maximum atomic E-state index is 12.4. The second-order valence-corrected chi connectivity index (χ2v) is 9.48. The van der Waals surface area contributed by atoms with Crippen molar-refractivity contribution in [3.05, 3.63) is 42.2 Å². The highest BCUT2D eigenvalue weighted by Gasteiger charge is 2.29. The normalized spacial score (nSPS) is 14.9. The third kappa shape index (κ3) is 5.02. The summed E-state index contributed by atoms with van der Waals surface area (Å²) in [4.78, 5) is 31.1. The molecular weight excluding hydrogens is 474 g/mol. The average molecular weight is 498 g/mol.